The molecule has 0 spiro atoms. The first-order valence-electron chi connectivity index (χ1n) is 11.5. The maximum Gasteiger partial charge on any atom is 0.256 e. The van der Waals surface area contributed by atoms with Crippen LogP contribution in [-0.2, 0) is 16.9 Å². The van der Waals surface area contributed by atoms with Gasteiger partial charge in [0.15, 0.2) is 5.60 Å². The number of nitrogens with one attached hydrogen (secondary N) is 1. The first kappa shape index (κ1) is 21.8. The Morgan fingerprint density at radius 3 is 2.29 bits per heavy atom. The van der Waals surface area contributed by atoms with Crippen molar-refractivity contribution < 1.29 is 9.90 Å². The highest BCUT2D eigenvalue weighted by molar-refractivity contribution is 5.86. The number of aliphatic hydroxyl groups is 1. The van der Waals surface area contributed by atoms with Crippen LogP contribution in [0.2, 0.25) is 0 Å². The Kier molecular flexibility index (Phi) is 6.89. The number of benzene rings is 2. The van der Waals surface area contributed by atoms with Gasteiger partial charge in [-0.15, -0.1) is 0 Å². The third-order valence-corrected chi connectivity index (χ3v) is 7.13. The van der Waals surface area contributed by atoms with Crippen LogP contribution >= 0.6 is 0 Å². The number of likely N-dealkylation sites (tertiary alicyclic amines) is 1. The summed E-state index contributed by atoms with van der Waals surface area (Å²) in [5.41, 5.74) is 0.484. The van der Waals surface area contributed by atoms with Crippen LogP contribution in [0.4, 0.5) is 0 Å². The molecule has 2 aliphatic rings. The predicted molar refractivity (Wildman–Crippen MR) is 124 cm³/mol. The highest BCUT2D eigenvalue weighted by atomic mass is 16.3. The summed E-state index contributed by atoms with van der Waals surface area (Å²) in [6, 6.07) is 20.0. The van der Waals surface area contributed by atoms with E-state index in [0.29, 0.717) is 29.9 Å². The molecule has 1 amide bonds. The zero-order valence-corrected chi connectivity index (χ0v) is 18.4. The first-order valence-corrected chi connectivity index (χ1v) is 11.5. The number of amides is 1. The topological polar surface area (TPSA) is 52.6 Å². The molecule has 31 heavy (non-hydrogen) atoms. The second-order valence-electron chi connectivity index (χ2n) is 9.15. The minimum absolute atomic E-state index is 0.279. The zero-order valence-electron chi connectivity index (χ0n) is 18.4. The van der Waals surface area contributed by atoms with Gasteiger partial charge in [0.05, 0.1) is 0 Å². The van der Waals surface area contributed by atoms with Crippen molar-refractivity contribution in [2.75, 3.05) is 19.6 Å². The summed E-state index contributed by atoms with van der Waals surface area (Å²) < 4.78 is 0. The summed E-state index contributed by atoms with van der Waals surface area (Å²) in [6.45, 7) is 5.74. The third-order valence-electron chi connectivity index (χ3n) is 7.13. The summed E-state index contributed by atoms with van der Waals surface area (Å²) >= 11 is 0. The quantitative estimate of drug-likeness (QED) is 0.634. The molecule has 1 aliphatic carbocycles. The summed E-state index contributed by atoms with van der Waals surface area (Å²) in [5, 5.41) is 14.4. The number of hydrogen-bond donors (Lipinski definition) is 2. The molecule has 0 radical (unpaired) electrons. The maximum atomic E-state index is 13.1. The Morgan fingerprint density at radius 1 is 1.06 bits per heavy atom. The van der Waals surface area contributed by atoms with Gasteiger partial charge >= 0.3 is 0 Å². The van der Waals surface area contributed by atoms with Gasteiger partial charge in [0, 0.05) is 32.6 Å². The van der Waals surface area contributed by atoms with E-state index >= 15 is 0 Å². The largest absolute Gasteiger partial charge is 0.375 e. The monoisotopic (exact) mass is 418 g/mol. The fraction of sp³-hybridized carbons (Fsp3) is 0.444. The smallest absolute Gasteiger partial charge is 0.256 e. The Balaban J connectivity index is 1.38. The van der Waals surface area contributed by atoms with Crippen LogP contribution in [0.5, 0.6) is 0 Å². The van der Waals surface area contributed by atoms with Crippen LogP contribution in [0.25, 0.3) is 0 Å². The maximum absolute atomic E-state index is 13.1. The van der Waals surface area contributed by atoms with E-state index in [1.165, 1.54) is 18.4 Å². The molecule has 2 aromatic carbocycles. The normalized spacial score (nSPS) is 25.4. The van der Waals surface area contributed by atoms with Crippen LogP contribution in [0.15, 0.2) is 72.8 Å². The molecule has 2 N–H and O–H groups in total. The summed E-state index contributed by atoms with van der Waals surface area (Å²) in [4.78, 5) is 15.7. The lowest BCUT2D eigenvalue weighted by molar-refractivity contribution is -0.141. The lowest BCUT2D eigenvalue weighted by Gasteiger charge is -2.38. The van der Waals surface area contributed by atoms with Gasteiger partial charge in [-0.3, -0.25) is 9.69 Å². The van der Waals surface area contributed by atoms with Gasteiger partial charge < -0.3 is 10.4 Å². The van der Waals surface area contributed by atoms with E-state index < -0.39 is 5.60 Å². The number of hydrogen-bond acceptors (Lipinski definition) is 3. The third kappa shape index (κ3) is 4.91. The number of nitrogens with zero attached hydrogens (tertiary/aromatic N) is 1. The van der Waals surface area contributed by atoms with Crippen LogP contribution in [0.1, 0.15) is 37.3 Å². The van der Waals surface area contributed by atoms with E-state index in [4.69, 9.17) is 0 Å². The van der Waals surface area contributed by atoms with Crippen molar-refractivity contribution in [2.24, 2.45) is 17.8 Å². The molecule has 4 nitrogen and oxygen atoms in total. The first-order chi connectivity index (χ1) is 15.1. The van der Waals surface area contributed by atoms with Gasteiger partial charge in [-0.25, -0.2) is 0 Å². The Labute approximate surface area is 186 Å². The molecule has 0 aromatic heterocycles. The van der Waals surface area contributed by atoms with Crippen molar-refractivity contribution in [2.45, 2.75) is 38.3 Å². The Bertz CT molecular complexity index is 869. The fourth-order valence-electron chi connectivity index (χ4n) is 5.44. The van der Waals surface area contributed by atoms with Gasteiger partial charge in [0.1, 0.15) is 0 Å². The molecule has 3 unspecified atom stereocenters. The van der Waals surface area contributed by atoms with Crippen molar-refractivity contribution in [1.82, 2.24) is 10.2 Å². The molecule has 2 bridgehead atoms. The van der Waals surface area contributed by atoms with E-state index in [9.17, 15) is 9.90 Å². The van der Waals surface area contributed by atoms with Gasteiger partial charge in [0.2, 0.25) is 0 Å². The van der Waals surface area contributed by atoms with E-state index in [-0.39, 0.29) is 12.3 Å². The standard InChI is InChI=1S/C27H34N2O2/c1-2-3-16-27(31,24-12-8-5-9-13-24)26(30)28-17-25-22-14-15-23(25)20-29(19-22)18-21-10-6-4-7-11-21/h2-13,22-23,25,31H,14-20H2,1H3,(H,28,30)/b3-2+. The molecule has 1 heterocycles. The van der Waals surface area contributed by atoms with Gasteiger partial charge in [0.25, 0.3) is 5.91 Å². The van der Waals surface area contributed by atoms with Crippen LogP contribution in [0, 0.1) is 17.8 Å². The number of rotatable bonds is 8. The summed E-state index contributed by atoms with van der Waals surface area (Å²) in [6.07, 6.45) is 6.49. The van der Waals surface area contributed by atoms with Crippen LogP contribution in [-0.4, -0.2) is 35.5 Å². The van der Waals surface area contributed by atoms with Gasteiger partial charge in [-0.05, 0) is 48.6 Å². The number of allylic oxidation sites excluding steroid dienone is 1. The number of fused-ring (bicyclic) bond motifs is 2. The second kappa shape index (κ2) is 9.80. The van der Waals surface area contributed by atoms with E-state index in [1.807, 2.05) is 49.4 Å². The Morgan fingerprint density at radius 2 is 1.68 bits per heavy atom. The molecular weight excluding hydrogens is 384 g/mol. The molecule has 4 rings (SSSR count). The van der Waals surface area contributed by atoms with Crippen molar-refractivity contribution in [1.29, 1.82) is 0 Å². The number of piperidine rings is 1. The molecule has 1 aliphatic heterocycles. The number of carbonyl (C=O) groups excluding carboxylic acids is 1. The lowest BCUT2D eigenvalue weighted by atomic mass is 9.84. The van der Waals surface area contributed by atoms with Crippen molar-refractivity contribution >= 4 is 5.91 Å². The van der Waals surface area contributed by atoms with Crippen molar-refractivity contribution in [3.63, 3.8) is 0 Å². The highest BCUT2D eigenvalue weighted by Gasteiger charge is 2.43. The summed E-state index contributed by atoms with van der Waals surface area (Å²) in [7, 11) is 0. The average molecular weight is 419 g/mol. The SMILES string of the molecule is C/C=C/CC(O)(C(=O)NCC1C2CCC1CN(Cc1ccccc1)C2)c1ccccc1. The summed E-state index contributed by atoms with van der Waals surface area (Å²) in [5.74, 6) is 1.44. The highest BCUT2D eigenvalue weighted by Crippen LogP contribution is 2.42. The molecule has 1 saturated carbocycles. The lowest BCUT2D eigenvalue weighted by Crippen LogP contribution is -2.49. The second-order valence-corrected chi connectivity index (χ2v) is 9.15. The molecule has 1 saturated heterocycles. The predicted octanol–water partition coefficient (Wildman–Crippen LogP) is 4.11. The molecule has 3 atom stereocenters. The molecule has 2 aromatic rings. The molecule has 4 heteroatoms. The van der Waals surface area contributed by atoms with Gasteiger partial charge in [-0.1, -0.05) is 72.8 Å². The van der Waals surface area contributed by atoms with E-state index in [0.717, 1.165) is 19.6 Å². The number of carbonyl (C=O) groups is 1. The van der Waals surface area contributed by atoms with Crippen LogP contribution < -0.4 is 5.32 Å². The van der Waals surface area contributed by atoms with Crippen LogP contribution in [0.3, 0.4) is 0 Å². The van der Waals surface area contributed by atoms with Crippen molar-refractivity contribution in [3.8, 4) is 0 Å². The van der Waals surface area contributed by atoms with E-state index in [2.05, 4.69) is 40.5 Å². The molecule has 2 fully saturated rings. The minimum atomic E-state index is -1.53. The fourth-order valence-corrected chi connectivity index (χ4v) is 5.44. The van der Waals surface area contributed by atoms with Gasteiger partial charge in [-0.2, -0.15) is 0 Å². The van der Waals surface area contributed by atoms with E-state index in [1.54, 1.807) is 0 Å². The minimum Gasteiger partial charge on any atom is -0.375 e. The zero-order chi connectivity index (χ0) is 21.7. The molecular formula is C27H34N2O2. The molecule has 164 valence electrons. The van der Waals surface area contributed by atoms with Crippen molar-refractivity contribution in [3.05, 3.63) is 83.9 Å². The Hall–Kier alpha value is -2.43. The average Bonchev–Trinajstić information content (AvgIpc) is 3.04.